The summed E-state index contributed by atoms with van der Waals surface area (Å²) in [7, 11) is 1.67. The zero-order chi connectivity index (χ0) is 15.6. The summed E-state index contributed by atoms with van der Waals surface area (Å²) in [5, 5.41) is 15.6. The molecule has 0 saturated carbocycles. The molecule has 1 aromatic heterocycles. The Morgan fingerprint density at radius 1 is 1.48 bits per heavy atom. The van der Waals surface area contributed by atoms with Crippen molar-refractivity contribution in [2.45, 2.75) is 6.04 Å². The second kappa shape index (κ2) is 5.96. The summed E-state index contributed by atoms with van der Waals surface area (Å²) in [6.45, 7) is 0. The first kappa shape index (κ1) is 15.0. The molecule has 0 saturated heterocycles. The number of aliphatic carboxylic acids is 1. The standard InChI is InChI=1S/C13H13BrN4O3/c1-18-6-7(5-16-18)11(13(20)21)17-12(19)9-4-8(15)2-3-10(9)14/h2-6,11H,15H2,1H3,(H,17,19)(H,20,21). The highest BCUT2D eigenvalue weighted by Gasteiger charge is 2.24. The highest BCUT2D eigenvalue weighted by Crippen LogP contribution is 2.21. The van der Waals surface area contributed by atoms with Crippen molar-refractivity contribution in [1.29, 1.82) is 0 Å². The monoisotopic (exact) mass is 352 g/mol. The van der Waals surface area contributed by atoms with E-state index in [0.29, 0.717) is 15.7 Å². The van der Waals surface area contributed by atoms with Gasteiger partial charge in [-0.3, -0.25) is 9.48 Å². The Bertz CT molecular complexity index is 698. The SMILES string of the molecule is Cn1cc(C(NC(=O)c2cc(N)ccc2Br)C(=O)O)cn1. The minimum absolute atomic E-state index is 0.269. The number of nitrogens with one attached hydrogen (secondary N) is 1. The summed E-state index contributed by atoms with van der Waals surface area (Å²) in [6, 6.07) is 3.56. The lowest BCUT2D eigenvalue weighted by atomic mass is 10.1. The molecule has 7 nitrogen and oxygen atoms in total. The molecule has 2 aromatic rings. The highest BCUT2D eigenvalue weighted by atomic mass is 79.9. The summed E-state index contributed by atoms with van der Waals surface area (Å²) >= 11 is 3.24. The number of amides is 1. The molecule has 4 N–H and O–H groups in total. The third-order valence-corrected chi connectivity index (χ3v) is 3.51. The maximum Gasteiger partial charge on any atom is 0.331 e. The van der Waals surface area contributed by atoms with Gasteiger partial charge in [-0.25, -0.2) is 4.79 Å². The first-order valence-electron chi connectivity index (χ1n) is 5.95. The van der Waals surface area contributed by atoms with Gasteiger partial charge in [0.1, 0.15) is 0 Å². The number of hydrogen-bond donors (Lipinski definition) is 3. The number of halogens is 1. The molecule has 21 heavy (non-hydrogen) atoms. The molecule has 0 aliphatic heterocycles. The number of anilines is 1. The van der Waals surface area contributed by atoms with Crippen LogP contribution in [0.1, 0.15) is 22.0 Å². The van der Waals surface area contributed by atoms with E-state index < -0.39 is 17.9 Å². The van der Waals surface area contributed by atoms with E-state index in [1.807, 2.05) is 0 Å². The van der Waals surface area contributed by atoms with E-state index in [9.17, 15) is 14.7 Å². The zero-order valence-corrected chi connectivity index (χ0v) is 12.7. The molecule has 1 aromatic carbocycles. The minimum Gasteiger partial charge on any atom is -0.479 e. The van der Waals surface area contributed by atoms with Crippen LogP contribution in [0.15, 0.2) is 35.1 Å². The molecule has 0 aliphatic rings. The van der Waals surface area contributed by atoms with Gasteiger partial charge in [-0.15, -0.1) is 0 Å². The van der Waals surface area contributed by atoms with E-state index in [2.05, 4.69) is 26.3 Å². The van der Waals surface area contributed by atoms with Crippen LogP contribution in [0, 0.1) is 0 Å². The normalized spacial score (nSPS) is 11.9. The summed E-state index contributed by atoms with van der Waals surface area (Å²) < 4.78 is 2.00. The van der Waals surface area contributed by atoms with Crippen LogP contribution in [0.5, 0.6) is 0 Å². The van der Waals surface area contributed by atoms with Gasteiger partial charge in [0.05, 0.1) is 11.8 Å². The largest absolute Gasteiger partial charge is 0.479 e. The van der Waals surface area contributed by atoms with Gasteiger partial charge in [0.15, 0.2) is 6.04 Å². The number of benzene rings is 1. The van der Waals surface area contributed by atoms with Crippen LogP contribution in [0.25, 0.3) is 0 Å². The van der Waals surface area contributed by atoms with Crippen LogP contribution in [-0.2, 0) is 11.8 Å². The Morgan fingerprint density at radius 2 is 2.19 bits per heavy atom. The molecule has 1 unspecified atom stereocenters. The maximum absolute atomic E-state index is 12.2. The summed E-state index contributed by atoms with van der Waals surface area (Å²) in [5.41, 5.74) is 6.71. The number of hydrogen-bond acceptors (Lipinski definition) is 4. The summed E-state index contributed by atoms with van der Waals surface area (Å²) in [6.07, 6.45) is 2.93. The van der Waals surface area contributed by atoms with E-state index in [1.54, 1.807) is 19.2 Å². The molecule has 0 fully saturated rings. The van der Waals surface area contributed by atoms with Crippen LogP contribution in [0.4, 0.5) is 5.69 Å². The number of carbonyl (C=O) groups excluding carboxylic acids is 1. The molecular formula is C13H13BrN4O3. The fraction of sp³-hybridized carbons (Fsp3) is 0.154. The fourth-order valence-electron chi connectivity index (χ4n) is 1.80. The van der Waals surface area contributed by atoms with Gasteiger partial charge in [-0.1, -0.05) is 0 Å². The summed E-state index contributed by atoms with van der Waals surface area (Å²) in [4.78, 5) is 23.6. The Kier molecular flexibility index (Phi) is 4.27. The van der Waals surface area contributed by atoms with Crippen molar-refractivity contribution in [3.05, 3.63) is 46.2 Å². The van der Waals surface area contributed by atoms with E-state index in [4.69, 9.17) is 5.73 Å². The quantitative estimate of drug-likeness (QED) is 0.718. The van der Waals surface area contributed by atoms with Gasteiger partial charge in [0.2, 0.25) is 0 Å². The minimum atomic E-state index is -1.18. The van der Waals surface area contributed by atoms with Crippen molar-refractivity contribution < 1.29 is 14.7 Å². The Labute approximate surface area is 128 Å². The van der Waals surface area contributed by atoms with E-state index in [0.717, 1.165) is 0 Å². The van der Waals surface area contributed by atoms with Gasteiger partial charge in [0, 0.05) is 29.0 Å². The average Bonchev–Trinajstić information content (AvgIpc) is 2.84. The van der Waals surface area contributed by atoms with Crippen molar-refractivity contribution in [3.63, 3.8) is 0 Å². The second-order valence-corrected chi connectivity index (χ2v) is 5.29. The first-order chi connectivity index (χ1) is 9.88. The van der Waals surface area contributed by atoms with Gasteiger partial charge in [-0.2, -0.15) is 5.10 Å². The van der Waals surface area contributed by atoms with Crippen LogP contribution in [-0.4, -0.2) is 26.8 Å². The molecule has 1 atom stereocenters. The van der Waals surface area contributed by atoms with Crippen molar-refractivity contribution in [2.75, 3.05) is 5.73 Å². The number of nitrogens with zero attached hydrogens (tertiary/aromatic N) is 2. The maximum atomic E-state index is 12.2. The molecule has 1 heterocycles. The molecule has 0 radical (unpaired) electrons. The Hall–Kier alpha value is -2.35. The van der Waals surface area contributed by atoms with E-state index in [-0.39, 0.29) is 5.56 Å². The molecule has 110 valence electrons. The predicted octanol–water partition coefficient (Wildman–Crippen LogP) is 1.32. The molecule has 0 spiro atoms. The van der Waals surface area contributed by atoms with Crippen LogP contribution >= 0.6 is 15.9 Å². The number of aromatic nitrogens is 2. The topological polar surface area (TPSA) is 110 Å². The second-order valence-electron chi connectivity index (χ2n) is 4.43. The number of carbonyl (C=O) groups is 2. The fourth-order valence-corrected chi connectivity index (χ4v) is 2.23. The number of nitrogen functional groups attached to an aromatic ring is 1. The average molecular weight is 353 g/mol. The highest BCUT2D eigenvalue weighted by molar-refractivity contribution is 9.10. The Morgan fingerprint density at radius 3 is 2.76 bits per heavy atom. The lowest BCUT2D eigenvalue weighted by molar-refractivity contribution is -0.139. The summed E-state index contributed by atoms with van der Waals surface area (Å²) in [5.74, 6) is -1.71. The van der Waals surface area contributed by atoms with E-state index >= 15 is 0 Å². The molecule has 0 bridgehead atoms. The van der Waals surface area contributed by atoms with Crippen molar-refractivity contribution in [2.24, 2.45) is 7.05 Å². The van der Waals surface area contributed by atoms with Gasteiger partial charge in [0.25, 0.3) is 5.91 Å². The number of carboxylic acids is 1. The van der Waals surface area contributed by atoms with Gasteiger partial charge in [-0.05, 0) is 34.1 Å². The molecular weight excluding hydrogens is 340 g/mol. The molecule has 0 aliphatic carbocycles. The first-order valence-corrected chi connectivity index (χ1v) is 6.75. The van der Waals surface area contributed by atoms with Crippen molar-refractivity contribution in [3.8, 4) is 0 Å². The molecule has 1 amide bonds. The van der Waals surface area contributed by atoms with E-state index in [1.165, 1.54) is 23.1 Å². The molecule has 8 heteroatoms. The number of rotatable bonds is 4. The van der Waals surface area contributed by atoms with Crippen LogP contribution < -0.4 is 11.1 Å². The lowest BCUT2D eigenvalue weighted by Crippen LogP contribution is -2.33. The van der Waals surface area contributed by atoms with Crippen molar-refractivity contribution >= 4 is 33.5 Å². The molecule has 2 rings (SSSR count). The third-order valence-electron chi connectivity index (χ3n) is 2.82. The predicted molar refractivity (Wildman–Crippen MR) is 79.6 cm³/mol. The zero-order valence-electron chi connectivity index (χ0n) is 11.1. The van der Waals surface area contributed by atoms with Gasteiger partial charge >= 0.3 is 5.97 Å². The number of nitrogens with two attached hydrogens (primary N) is 1. The lowest BCUT2D eigenvalue weighted by Gasteiger charge is -2.14. The number of aryl methyl sites for hydroxylation is 1. The van der Waals surface area contributed by atoms with Crippen LogP contribution in [0.3, 0.4) is 0 Å². The third kappa shape index (κ3) is 3.40. The smallest absolute Gasteiger partial charge is 0.331 e. The number of carboxylic acid groups (broad SMARTS) is 1. The van der Waals surface area contributed by atoms with Crippen LogP contribution in [0.2, 0.25) is 0 Å². The Balaban J connectivity index is 2.27. The van der Waals surface area contributed by atoms with Crippen molar-refractivity contribution in [1.82, 2.24) is 15.1 Å². The van der Waals surface area contributed by atoms with Gasteiger partial charge < -0.3 is 16.2 Å².